The van der Waals surface area contributed by atoms with Crippen LogP contribution in [0.3, 0.4) is 0 Å². The average molecular weight is 195 g/mol. The second-order valence-electron chi connectivity index (χ2n) is 3.20. The average Bonchev–Trinajstić information content (AvgIpc) is 3.01. The molecule has 1 aliphatic rings. The van der Waals surface area contributed by atoms with Crippen molar-refractivity contribution in [3.8, 4) is 17.5 Å². The molecule has 0 aromatic carbocycles. The second-order valence-corrected chi connectivity index (χ2v) is 3.20. The van der Waals surface area contributed by atoms with E-state index in [0.29, 0.717) is 17.9 Å². The van der Waals surface area contributed by atoms with Gasteiger partial charge in [0, 0.05) is 12.1 Å². The standard InChI is InChI=1S/C10H13NO3/c1-12-9-5-8(14-7-3-4-7)6-10(11-9)13-2/h5-7H,3-4H2,1-2H3. The summed E-state index contributed by atoms with van der Waals surface area (Å²) in [6, 6.07) is 3.53. The predicted molar refractivity (Wildman–Crippen MR) is 51.0 cm³/mol. The Morgan fingerprint density at radius 2 is 1.71 bits per heavy atom. The number of hydrogen-bond donors (Lipinski definition) is 0. The van der Waals surface area contributed by atoms with Gasteiger partial charge in [0.15, 0.2) is 0 Å². The quantitative estimate of drug-likeness (QED) is 0.732. The molecule has 4 heteroatoms. The summed E-state index contributed by atoms with van der Waals surface area (Å²) in [5, 5.41) is 0. The minimum Gasteiger partial charge on any atom is -0.490 e. The highest BCUT2D eigenvalue weighted by Gasteiger charge is 2.24. The van der Waals surface area contributed by atoms with Crippen LogP contribution in [0.2, 0.25) is 0 Å². The van der Waals surface area contributed by atoms with Gasteiger partial charge in [0.2, 0.25) is 11.8 Å². The Bertz CT molecular complexity index is 301. The molecule has 0 radical (unpaired) electrons. The smallest absolute Gasteiger partial charge is 0.220 e. The van der Waals surface area contributed by atoms with Crippen LogP contribution in [0.1, 0.15) is 12.8 Å². The molecule has 0 atom stereocenters. The summed E-state index contributed by atoms with van der Waals surface area (Å²) in [5.41, 5.74) is 0. The molecular formula is C10H13NO3. The van der Waals surface area contributed by atoms with Gasteiger partial charge in [-0.05, 0) is 12.8 Å². The lowest BCUT2D eigenvalue weighted by molar-refractivity contribution is 0.294. The highest BCUT2D eigenvalue weighted by atomic mass is 16.5. The molecular weight excluding hydrogens is 182 g/mol. The highest BCUT2D eigenvalue weighted by molar-refractivity contribution is 5.33. The number of methoxy groups -OCH3 is 2. The Labute approximate surface area is 82.8 Å². The normalized spacial score (nSPS) is 15.0. The van der Waals surface area contributed by atoms with E-state index in [1.807, 2.05) is 0 Å². The Morgan fingerprint density at radius 1 is 1.14 bits per heavy atom. The third-order valence-electron chi connectivity index (χ3n) is 2.00. The monoisotopic (exact) mass is 195 g/mol. The molecule has 0 bridgehead atoms. The van der Waals surface area contributed by atoms with Gasteiger partial charge < -0.3 is 14.2 Å². The molecule has 1 saturated carbocycles. The Hall–Kier alpha value is -1.45. The molecule has 0 unspecified atom stereocenters. The summed E-state index contributed by atoms with van der Waals surface area (Å²) in [6.07, 6.45) is 2.63. The van der Waals surface area contributed by atoms with Crippen LogP contribution in [-0.2, 0) is 0 Å². The fraction of sp³-hybridized carbons (Fsp3) is 0.500. The third kappa shape index (κ3) is 2.07. The van der Waals surface area contributed by atoms with Crippen LogP contribution >= 0.6 is 0 Å². The van der Waals surface area contributed by atoms with Gasteiger partial charge in [-0.25, -0.2) is 0 Å². The molecule has 0 saturated heterocycles. The minimum atomic E-state index is 0.367. The lowest BCUT2D eigenvalue weighted by atomic mass is 10.4. The molecule has 1 heterocycles. The predicted octanol–water partition coefficient (Wildman–Crippen LogP) is 1.64. The van der Waals surface area contributed by atoms with Crippen molar-refractivity contribution in [1.29, 1.82) is 0 Å². The van der Waals surface area contributed by atoms with E-state index in [-0.39, 0.29) is 0 Å². The molecule has 76 valence electrons. The maximum Gasteiger partial charge on any atom is 0.220 e. The van der Waals surface area contributed by atoms with Crippen molar-refractivity contribution < 1.29 is 14.2 Å². The first-order valence-electron chi connectivity index (χ1n) is 4.58. The fourth-order valence-corrected chi connectivity index (χ4v) is 1.11. The summed E-state index contributed by atoms with van der Waals surface area (Å²) < 4.78 is 15.7. The zero-order chi connectivity index (χ0) is 9.97. The van der Waals surface area contributed by atoms with E-state index in [4.69, 9.17) is 14.2 Å². The van der Waals surface area contributed by atoms with Crippen LogP contribution < -0.4 is 14.2 Å². The maximum atomic E-state index is 5.61. The van der Waals surface area contributed by atoms with Crippen molar-refractivity contribution >= 4 is 0 Å². The lowest BCUT2D eigenvalue weighted by Gasteiger charge is -2.07. The van der Waals surface area contributed by atoms with Crippen molar-refractivity contribution in [2.75, 3.05) is 14.2 Å². The molecule has 4 nitrogen and oxygen atoms in total. The van der Waals surface area contributed by atoms with Gasteiger partial charge in [-0.2, -0.15) is 4.98 Å². The van der Waals surface area contributed by atoms with Crippen LogP contribution in [0.4, 0.5) is 0 Å². The molecule has 1 aliphatic carbocycles. The maximum absolute atomic E-state index is 5.61. The second kappa shape index (κ2) is 3.74. The number of ether oxygens (including phenoxy) is 3. The van der Waals surface area contributed by atoms with Crippen molar-refractivity contribution in [3.63, 3.8) is 0 Å². The Morgan fingerprint density at radius 3 is 2.14 bits per heavy atom. The largest absolute Gasteiger partial charge is 0.490 e. The highest BCUT2D eigenvalue weighted by Crippen LogP contribution is 2.30. The summed E-state index contributed by atoms with van der Waals surface area (Å²) in [6.45, 7) is 0. The Kier molecular flexibility index (Phi) is 2.43. The molecule has 0 aliphatic heterocycles. The van der Waals surface area contributed by atoms with Gasteiger partial charge in [0.1, 0.15) is 5.75 Å². The summed E-state index contributed by atoms with van der Waals surface area (Å²) in [7, 11) is 3.14. The van der Waals surface area contributed by atoms with Crippen LogP contribution in [0.15, 0.2) is 12.1 Å². The molecule has 0 N–H and O–H groups in total. The van der Waals surface area contributed by atoms with Gasteiger partial charge in [-0.15, -0.1) is 0 Å². The van der Waals surface area contributed by atoms with Crippen molar-refractivity contribution in [2.45, 2.75) is 18.9 Å². The molecule has 0 spiro atoms. The van der Waals surface area contributed by atoms with Crippen LogP contribution in [-0.4, -0.2) is 25.3 Å². The van der Waals surface area contributed by atoms with E-state index in [0.717, 1.165) is 18.6 Å². The van der Waals surface area contributed by atoms with Crippen LogP contribution in [0.25, 0.3) is 0 Å². The van der Waals surface area contributed by atoms with Crippen molar-refractivity contribution in [3.05, 3.63) is 12.1 Å². The molecule has 0 amide bonds. The van der Waals surface area contributed by atoms with Gasteiger partial charge in [0.05, 0.1) is 20.3 Å². The first kappa shape index (κ1) is 9.12. The molecule has 1 fully saturated rings. The van der Waals surface area contributed by atoms with E-state index in [2.05, 4.69) is 4.98 Å². The van der Waals surface area contributed by atoms with E-state index >= 15 is 0 Å². The molecule has 1 aromatic rings. The van der Waals surface area contributed by atoms with Crippen LogP contribution in [0.5, 0.6) is 17.5 Å². The first-order chi connectivity index (χ1) is 6.81. The number of rotatable bonds is 4. The first-order valence-corrected chi connectivity index (χ1v) is 4.58. The zero-order valence-electron chi connectivity index (χ0n) is 8.32. The number of pyridine rings is 1. The number of aromatic nitrogens is 1. The van der Waals surface area contributed by atoms with Gasteiger partial charge in [-0.1, -0.05) is 0 Å². The van der Waals surface area contributed by atoms with E-state index in [1.54, 1.807) is 26.4 Å². The SMILES string of the molecule is COc1cc(OC2CC2)cc(OC)n1. The minimum absolute atomic E-state index is 0.367. The lowest BCUT2D eigenvalue weighted by Crippen LogP contribution is -1.98. The van der Waals surface area contributed by atoms with Crippen molar-refractivity contribution in [2.24, 2.45) is 0 Å². The Balaban J connectivity index is 2.19. The van der Waals surface area contributed by atoms with Gasteiger partial charge in [-0.3, -0.25) is 0 Å². The fourth-order valence-electron chi connectivity index (χ4n) is 1.11. The van der Waals surface area contributed by atoms with Gasteiger partial charge in [0.25, 0.3) is 0 Å². The molecule has 2 rings (SSSR count). The molecule has 1 aromatic heterocycles. The van der Waals surface area contributed by atoms with Crippen LogP contribution in [0, 0.1) is 0 Å². The van der Waals surface area contributed by atoms with E-state index in [9.17, 15) is 0 Å². The number of nitrogens with zero attached hydrogens (tertiary/aromatic N) is 1. The molecule has 14 heavy (non-hydrogen) atoms. The van der Waals surface area contributed by atoms with Crippen molar-refractivity contribution in [1.82, 2.24) is 4.98 Å². The zero-order valence-corrected chi connectivity index (χ0v) is 8.32. The topological polar surface area (TPSA) is 40.6 Å². The van der Waals surface area contributed by atoms with E-state index < -0.39 is 0 Å². The van der Waals surface area contributed by atoms with E-state index in [1.165, 1.54) is 0 Å². The summed E-state index contributed by atoms with van der Waals surface area (Å²) in [4.78, 5) is 4.07. The third-order valence-corrected chi connectivity index (χ3v) is 2.00. The number of hydrogen-bond acceptors (Lipinski definition) is 4. The van der Waals surface area contributed by atoms with Gasteiger partial charge >= 0.3 is 0 Å². The summed E-state index contributed by atoms with van der Waals surface area (Å²) in [5.74, 6) is 1.79. The summed E-state index contributed by atoms with van der Waals surface area (Å²) >= 11 is 0.